The van der Waals surface area contributed by atoms with E-state index in [4.69, 9.17) is 21.4 Å². The fraction of sp³-hybridized carbons (Fsp3) is 0.480. The second-order valence-corrected chi connectivity index (χ2v) is 9.37. The lowest BCUT2D eigenvalue weighted by Crippen LogP contribution is -2.52. The van der Waals surface area contributed by atoms with Gasteiger partial charge in [0.2, 0.25) is 0 Å². The molecule has 2 aliphatic heterocycles. The first-order valence-electron chi connectivity index (χ1n) is 11.7. The Morgan fingerprint density at radius 2 is 1.88 bits per heavy atom. The van der Waals surface area contributed by atoms with Crippen molar-refractivity contribution >= 4 is 29.6 Å². The van der Waals surface area contributed by atoms with Gasteiger partial charge in [-0.2, -0.15) is 0 Å². The van der Waals surface area contributed by atoms with Crippen LogP contribution in [0.4, 0.5) is 5.82 Å². The van der Waals surface area contributed by atoms with Crippen molar-refractivity contribution in [3.05, 3.63) is 52.0 Å². The molecule has 0 spiro atoms. The molecule has 0 N–H and O–H groups in total. The Morgan fingerprint density at radius 3 is 2.69 bits per heavy atom. The number of benzene rings is 1. The Bertz CT molecular complexity index is 1070. The van der Waals surface area contributed by atoms with Gasteiger partial charge in [0.05, 0.1) is 23.7 Å². The van der Waals surface area contributed by atoms with E-state index < -0.39 is 0 Å². The molecule has 2 aromatic rings. The fourth-order valence-corrected chi connectivity index (χ4v) is 4.84. The number of ether oxygens (including phenoxy) is 1. The van der Waals surface area contributed by atoms with E-state index in [1.807, 2.05) is 24.3 Å². The quantitative estimate of drug-likeness (QED) is 0.706. The van der Waals surface area contributed by atoms with Gasteiger partial charge in [0.1, 0.15) is 0 Å². The minimum Gasteiger partial charge on any atom is -0.373 e. The van der Waals surface area contributed by atoms with Gasteiger partial charge in [0.25, 0.3) is 0 Å². The van der Waals surface area contributed by atoms with E-state index in [0.29, 0.717) is 0 Å². The number of allylic oxidation sites excluding steroid dienone is 2. The number of fused-ring (bicyclic) bond motifs is 1. The van der Waals surface area contributed by atoms with Gasteiger partial charge in [0, 0.05) is 56.1 Å². The van der Waals surface area contributed by atoms with Gasteiger partial charge >= 0.3 is 0 Å². The van der Waals surface area contributed by atoms with Crippen LogP contribution < -0.4 is 15.5 Å². The lowest BCUT2D eigenvalue weighted by atomic mass is 10.2. The van der Waals surface area contributed by atoms with Gasteiger partial charge in [-0.1, -0.05) is 29.8 Å². The summed E-state index contributed by atoms with van der Waals surface area (Å²) >= 11 is 6.14. The molecule has 1 aliphatic carbocycles. The van der Waals surface area contributed by atoms with Crippen LogP contribution >= 0.6 is 11.6 Å². The largest absolute Gasteiger partial charge is 0.373 e. The van der Waals surface area contributed by atoms with Gasteiger partial charge in [-0.15, -0.1) is 5.10 Å². The van der Waals surface area contributed by atoms with Crippen molar-refractivity contribution in [2.45, 2.75) is 18.9 Å². The van der Waals surface area contributed by atoms with Crippen LogP contribution in [0.1, 0.15) is 12.8 Å². The molecule has 3 aliphatic rings. The summed E-state index contributed by atoms with van der Waals surface area (Å²) in [5, 5.41) is 8.21. The zero-order chi connectivity index (χ0) is 21.9. The van der Waals surface area contributed by atoms with Crippen molar-refractivity contribution in [3.8, 4) is 5.69 Å². The molecule has 170 valence electrons. The molecule has 1 unspecified atom stereocenters. The van der Waals surface area contributed by atoms with Crippen molar-refractivity contribution in [3.63, 3.8) is 0 Å². The summed E-state index contributed by atoms with van der Waals surface area (Å²) in [6.07, 6.45) is 11.2. The lowest BCUT2D eigenvalue weighted by molar-refractivity contribution is 0.00657. The van der Waals surface area contributed by atoms with Gasteiger partial charge in [-0.25, -0.2) is 4.68 Å². The summed E-state index contributed by atoms with van der Waals surface area (Å²) in [6, 6.07) is 7.94. The number of nitrogens with zero attached hydrogens (tertiary/aromatic N) is 5. The highest BCUT2D eigenvalue weighted by atomic mass is 35.5. The van der Waals surface area contributed by atoms with Crippen LogP contribution in [0.5, 0.6) is 0 Å². The Balaban J connectivity index is 1.44. The predicted molar refractivity (Wildman–Crippen MR) is 131 cm³/mol. The molecule has 2 saturated heterocycles. The molecular formula is C25H32ClN5O. The highest BCUT2D eigenvalue weighted by Gasteiger charge is 2.26. The number of likely N-dealkylation sites (N-methyl/N-ethyl adjacent to an activating group) is 1. The number of piperazine rings is 1. The first-order valence-corrected chi connectivity index (χ1v) is 12.0. The van der Waals surface area contributed by atoms with Gasteiger partial charge in [-0.05, 0) is 50.2 Å². The van der Waals surface area contributed by atoms with Crippen LogP contribution in [0.25, 0.3) is 17.8 Å². The first-order chi connectivity index (χ1) is 15.7. The lowest BCUT2D eigenvalue weighted by Gasteiger charge is -2.38. The third-order valence-electron chi connectivity index (χ3n) is 6.58. The maximum absolute atomic E-state index is 6.17. The summed E-state index contributed by atoms with van der Waals surface area (Å²) in [6.45, 7) is 7.95. The van der Waals surface area contributed by atoms with Gasteiger partial charge in [0.15, 0.2) is 5.82 Å². The Labute approximate surface area is 195 Å². The topological polar surface area (TPSA) is 36.8 Å². The van der Waals surface area contributed by atoms with Crippen LogP contribution in [0, 0.1) is 0 Å². The molecular weight excluding hydrogens is 422 g/mol. The normalized spacial score (nSPS) is 25.7. The molecule has 0 radical (unpaired) electrons. The van der Waals surface area contributed by atoms with Crippen molar-refractivity contribution in [2.24, 2.45) is 0 Å². The van der Waals surface area contributed by atoms with Crippen LogP contribution in [0.2, 0.25) is 5.02 Å². The van der Waals surface area contributed by atoms with Crippen LogP contribution in [0.3, 0.4) is 0 Å². The average molecular weight is 454 g/mol. The number of morpholine rings is 1. The summed E-state index contributed by atoms with van der Waals surface area (Å²) in [4.78, 5) is 7.34. The van der Waals surface area contributed by atoms with Crippen LogP contribution in [-0.2, 0) is 4.74 Å². The smallest absolute Gasteiger partial charge is 0.159 e. The van der Waals surface area contributed by atoms with E-state index in [2.05, 4.69) is 50.7 Å². The molecule has 1 atom stereocenters. The minimum absolute atomic E-state index is 0.205. The number of hydrogen-bond acceptors (Lipinski definition) is 5. The molecule has 5 rings (SSSR count). The second kappa shape index (κ2) is 9.79. The SMILES string of the molecule is CN1CCN(CC2CN(c3nn(-c4ccc(Cl)cc4)c4/c3=C\C=C\CC/C=4)CCO2)CC1. The maximum Gasteiger partial charge on any atom is 0.159 e. The zero-order valence-corrected chi connectivity index (χ0v) is 19.5. The highest BCUT2D eigenvalue weighted by Crippen LogP contribution is 2.16. The Kier molecular flexibility index (Phi) is 6.64. The van der Waals surface area contributed by atoms with E-state index in [9.17, 15) is 0 Å². The van der Waals surface area contributed by atoms with E-state index in [1.54, 1.807) is 0 Å². The first kappa shape index (κ1) is 21.7. The minimum atomic E-state index is 0.205. The molecule has 0 bridgehead atoms. The number of rotatable bonds is 4. The Morgan fingerprint density at radius 1 is 1.06 bits per heavy atom. The number of anilines is 1. The third-order valence-corrected chi connectivity index (χ3v) is 6.83. The summed E-state index contributed by atoms with van der Waals surface area (Å²) < 4.78 is 8.25. The van der Waals surface area contributed by atoms with E-state index in [1.165, 1.54) is 5.22 Å². The highest BCUT2D eigenvalue weighted by molar-refractivity contribution is 6.30. The van der Waals surface area contributed by atoms with Crippen molar-refractivity contribution in [2.75, 3.05) is 64.4 Å². The van der Waals surface area contributed by atoms with Gasteiger partial charge in [-0.3, -0.25) is 4.90 Å². The molecule has 0 saturated carbocycles. The molecule has 7 heteroatoms. The molecule has 3 heterocycles. The monoisotopic (exact) mass is 453 g/mol. The van der Waals surface area contributed by atoms with Crippen LogP contribution in [-0.4, -0.2) is 85.2 Å². The van der Waals surface area contributed by atoms with Crippen molar-refractivity contribution < 1.29 is 4.74 Å². The average Bonchev–Trinajstić information content (AvgIpc) is 3.13. The summed E-state index contributed by atoms with van der Waals surface area (Å²) in [5.41, 5.74) is 1.04. The van der Waals surface area contributed by atoms with Crippen molar-refractivity contribution in [1.29, 1.82) is 0 Å². The molecule has 32 heavy (non-hydrogen) atoms. The van der Waals surface area contributed by atoms with E-state index in [0.717, 1.165) is 87.1 Å². The van der Waals surface area contributed by atoms with Crippen LogP contribution in [0.15, 0.2) is 36.4 Å². The molecule has 0 amide bonds. The third kappa shape index (κ3) is 4.79. The van der Waals surface area contributed by atoms with E-state index in [-0.39, 0.29) is 6.10 Å². The molecule has 2 fully saturated rings. The predicted octanol–water partition coefficient (Wildman–Crippen LogP) is 1.89. The fourth-order valence-electron chi connectivity index (χ4n) is 4.72. The van der Waals surface area contributed by atoms with E-state index >= 15 is 0 Å². The van der Waals surface area contributed by atoms with Gasteiger partial charge < -0.3 is 14.5 Å². The van der Waals surface area contributed by atoms with Crippen molar-refractivity contribution in [1.82, 2.24) is 19.6 Å². The summed E-state index contributed by atoms with van der Waals surface area (Å²) in [7, 11) is 2.20. The standard InChI is InChI=1S/C25H32ClN5O/c1-28-12-14-29(15-13-28)18-22-19-30(16-17-32-22)25-23-6-4-2-3-5-7-24(23)31(27-25)21-10-8-20(26)9-11-21/h2,4,6-11,22H,3,5,12-19H2,1H3/b4-2+,23-6+,24-7-. The molecule has 1 aromatic carbocycles. The molecule has 1 aromatic heterocycles. The Hall–Kier alpha value is -2.12. The number of halogens is 1. The summed E-state index contributed by atoms with van der Waals surface area (Å²) in [5.74, 6) is 1.05. The molecule has 6 nitrogen and oxygen atoms in total. The zero-order valence-electron chi connectivity index (χ0n) is 18.8. The number of hydrogen-bond donors (Lipinski definition) is 0. The maximum atomic E-state index is 6.17. The second-order valence-electron chi connectivity index (χ2n) is 8.93. The number of aromatic nitrogens is 2.